The average Bonchev–Trinajstić information content (AvgIpc) is 1.88. The lowest BCUT2D eigenvalue weighted by Crippen LogP contribution is -2.23. The van der Waals surface area contributed by atoms with Gasteiger partial charge in [-0.1, -0.05) is 31.1 Å². The molecule has 0 bridgehead atoms. The second-order valence-corrected chi connectivity index (χ2v) is 11.7. The van der Waals surface area contributed by atoms with E-state index >= 15 is 0 Å². The first-order valence-corrected chi connectivity index (χ1v) is 9.96. The van der Waals surface area contributed by atoms with Gasteiger partial charge in [0, 0.05) is 8.80 Å². The molecule has 1 aliphatic rings. The van der Waals surface area contributed by atoms with E-state index in [1.807, 2.05) is 0 Å². The summed E-state index contributed by atoms with van der Waals surface area (Å²) in [6, 6.07) is 4.63. The molecule has 1 heterocycles. The zero-order chi connectivity index (χ0) is 6.69. The molecule has 0 atom stereocenters. The van der Waals surface area contributed by atoms with Crippen LogP contribution in [0.5, 0.6) is 0 Å². The molecule has 0 spiro atoms. The summed E-state index contributed by atoms with van der Waals surface area (Å²) in [4.78, 5) is 0. The van der Waals surface area contributed by atoms with Crippen LogP contribution in [0.3, 0.4) is 0 Å². The first-order chi connectivity index (χ1) is 4.33. The van der Waals surface area contributed by atoms with E-state index in [9.17, 15) is 0 Å². The van der Waals surface area contributed by atoms with Crippen molar-refractivity contribution in [3.05, 3.63) is 0 Å². The Balaban J connectivity index is 2.23. The summed E-state index contributed by atoms with van der Waals surface area (Å²) < 4.78 is 0. The molecular formula is C6H13BrSi2. The van der Waals surface area contributed by atoms with Gasteiger partial charge in [0.2, 0.25) is 0 Å². The highest BCUT2D eigenvalue weighted by Gasteiger charge is 2.20. The molecule has 0 N–H and O–H groups in total. The van der Waals surface area contributed by atoms with Crippen LogP contribution < -0.4 is 0 Å². The summed E-state index contributed by atoms with van der Waals surface area (Å²) in [5.41, 5.74) is 1.62. The molecule has 1 aliphatic heterocycles. The average molecular weight is 221 g/mol. The molecule has 1 rings (SSSR count). The molecule has 9 heavy (non-hydrogen) atoms. The fourth-order valence-electron chi connectivity index (χ4n) is 1.28. The molecular weight excluding hydrogens is 208 g/mol. The summed E-state index contributed by atoms with van der Waals surface area (Å²) in [6.45, 7) is 2.36. The highest BCUT2D eigenvalue weighted by atomic mass is 79.9. The number of halogens is 1. The van der Waals surface area contributed by atoms with Crippen molar-refractivity contribution < 1.29 is 0 Å². The van der Waals surface area contributed by atoms with Gasteiger partial charge in [-0.05, 0) is 6.04 Å². The molecule has 1 fully saturated rings. The quantitative estimate of drug-likeness (QED) is 0.472. The molecule has 0 saturated carbocycles. The van der Waals surface area contributed by atoms with Gasteiger partial charge in [0.05, 0.1) is 0 Å². The lowest BCUT2D eigenvalue weighted by molar-refractivity contribution is 1.01. The lowest BCUT2D eigenvalue weighted by atomic mass is 10.6. The van der Waals surface area contributed by atoms with Crippen molar-refractivity contribution >= 4 is 31.5 Å². The highest BCUT2D eigenvalue weighted by molar-refractivity contribution is 9.24. The summed E-state index contributed by atoms with van der Waals surface area (Å²) >= 11 is 3.80. The number of rotatable bonds is 1. The van der Waals surface area contributed by atoms with Crippen molar-refractivity contribution in [3.8, 4) is 0 Å². The van der Waals surface area contributed by atoms with E-state index in [1.54, 1.807) is 11.7 Å². The third-order valence-corrected chi connectivity index (χ3v) is 12.1. The standard InChI is InChI=1S/C6H13BrSi2/c1-2-8-4-3-5-9(7)6-8/h2-6H2,1H3. The van der Waals surface area contributed by atoms with Crippen molar-refractivity contribution in [1.82, 2.24) is 0 Å². The topological polar surface area (TPSA) is 0 Å². The molecule has 0 aromatic carbocycles. The van der Waals surface area contributed by atoms with Crippen LogP contribution in [-0.2, 0) is 0 Å². The van der Waals surface area contributed by atoms with E-state index in [0.29, 0.717) is 0 Å². The molecule has 0 aromatic heterocycles. The minimum absolute atomic E-state index is 0.00436. The molecule has 0 aromatic rings. The fraction of sp³-hybridized carbons (Fsp3) is 1.00. The van der Waals surface area contributed by atoms with Gasteiger partial charge in [-0.2, -0.15) is 0 Å². The Morgan fingerprint density at radius 2 is 2.22 bits per heavy atom. The fourth-order valence-corrected chi connectivity index (χ4v) is 12.2. The van der Waals surface area contributed by atoms with Crippen LogP contribution in [0.1, 0.15) is 13.3 Å². The van der Waals surface area contributed by atoms with E-state index in [1.165, 1.54) is 18.5 Å². The molecule has 0 nitrogen and oxygen atoms in total. The van der Waals surface area contributed by atoms with Crippen molar-refractivity contribution in [3.63, 3.8) is 0 Å². The molecule has 0 aliphatic carbocycles. The van der Waals surface area contributed by atoms with Crippen molar-refractivity contribution in [2.45, 2.75) is 37.1 Å². The largest absolute Gasteiger partial charge is 0.132 e. The third-order valence-electron chi connectivity index (χ3n) is 1.92. The summed E-state index contributed by atoms with van der Waals surface area (Å²) in [7, 11) is 0.167. The van der Waals surface area contributed by atoms with Gasteiger partial charge in [0.25, 0.3) is 0 Å². The number of hydrogen-bond acceptors (Lipinski definition) is 0. The van der Waals surface area contributed by atoms with Gasteiger partial charge in [-0.25, -0.2) is 0 Å². The molecule has 3 heteroatoms. The van der Waals surface area contributed by atoms with Gasteiger partial charge >= 0.3 is 0 Å². The van der Waals surface area contributed by atoms with Gasteiger partial charge in [0.1, 0.15) is 7.42 Å². The van der Waals surface area contributed by atoms with Crippen molar-refractivity contribution in [2.75, 3.05) is 0 Å². The predicted molar refractivity (Wildman–Crippen MR) is 50.0 cm³/mol. The normalized spacial score (nSPS) is 24.7. The maximum atomic E-state index is 3.80. The maximum absolute atomic E-state index is 3.80. The van der Waals surface area contributed by atoms with Gasteiger partial charge < -0.3 is 0 Å². The molecule has 52 valence electrons. The lowest BCUT2D eigenvalue weighted by Gasteiger charge is -2.21. The Hall–Kier alpha value is 0.914. The van der Waals surface area contributed by atoms with Crippen LogP contribution in [0, 0.1) is 0 Å². The Bertz CT molecular complexity index is 87.1. The van der Waals surface area contributed by atoms with Crippen molar-refractivity contribution in [1.29, 1.82) is 0 Å². The van der Waals surface area contributed by atoms with Crippen LogP contribution in [0.15, 0.2) is 0 Å². The molecule has 0 unspecified atom stereocenters. The first kappa shape index (κ1) is 8.01. The Kier molecular flexibility index (Phi) is 3.50. The summed E-state index contributed by atoms with van der Waals surface area (Å²) in [5.74, 6) is 0. The number of hydrogen-bond donors (Lipinski definition) is 0. The first-order valence-electron chi connectivity index (χ1n) is 3.66. The van der Waals surface area contributed by atoms with E-state index in [0.717, 1.165) is 0 Å². The van der Waals surface area contributed by atoms with E-state index < -0.39 is 0 Å². The highest BCUT2D eigenvalue weighted by Crippen LogP contribution is 2.24. The minimum Gasteiger partial charge on any atom is -0.129 e. The SMILES string of the molecule is CC[Si]1CCC[Si](Br)C1. The smallest absolute Gasteiger partial charge is 0.129 e. The van der Waals surface area contributed by atoms with Gasteiger partial charge in [-0.15, -0.1) is 15.3 Å². The monoisotopic (exact) mass is 220 g/mol. The summed E-state index contributed by atoms with van der Waals surface area (Å²) in [6.07, 6.45) is 1.53. The van der Waals surface area contributed by atoms with Crippen LogP contribution in [0.2, 0.25) is 23.8 Å². The third kappa shape index (κ3) is 2.55. The Morgan fingerprint density at radius 3 is 2.67 bits per heavy atom. The van der Waals surface area contributed by atoms with Gasteiger partial charge in [-0.3, -0.25) is 0 Å². The maximum Gasteiger partial charge on any atom is 0.132 e. The van der Waals surface area contributed by atoms with Crippen LogP contribution in [-0.4, -0.2) is 16.2 Å². The summed E-state index contributed by atoms with van der Waals surface area (Å²) in [5, 5.41) is 0. The van der Waals surface area contributed by atoms with E-state index in [-0.39, 0.29) is 16.2 Å². The predicted octanol–water partition coefficient (Wildman–Crippen LogP) is 2.83. The Labute approximate surface area is 68.8 Å². The molecule has 0 amide bonds. The molecule has 1 saturated heterocycles. The second-order valence-electron chi connectivity index (χ2n) is 2.65. The zero-order valence-corrected chi connectivity index (χ0v) is 9.50. The minimum atomic E-state index is 0.00436. The van der Waals surface area contributed by atoms with Crippen LogP contribution in [0.4, 0.5) is 0 Å². The van der Waals surface area contributed by atoms with Crippen LogP contribution >= 0.6 is 15.3 Å². The Morgan fingerprint density at radius 1 is 1.44 bits per heavy atom. The zero-order valence-electron chi connectivity index (χ0n) is 5.91. The van der Waals surface area contributed by atoms with Crippen LogP contribution in [0.25, 0.3) is 0 Å². The van der Waals surface area contributed by atoms with Crippen molar-refractivity contribution in [2.24, 2.45) is 0 Å². The second kappa shape index (κ2) is 3.93. The van der Waals surface area contributed by atoms with Gasteiger partial charge in [0.15, 0.2) is 0 Å². The van der Waals surface area contributed by atoms with E-state index in [2.05, 4.69) is 22.2 Å². The van der Waals surface area contributed by atoms with E-state index in [4.69, 9.17) is 0 Å². The molecule has 2 radical (unpaired) electrons.